The van der Waals surface area contributed by atoms with Crippen LogP contribution in [0.3, 0.4) is 0 Å². The zero-order chi connectivity index (χ0) is 8.55. The van der Waals surface area contributed by atoms with E-state index in [1.165, 1.54) is 0 Å². The third-order valence-electron chi connectivity index (χ3n) is 1.83. The second kappa shape index (κ2) is 2.48. The Hall–Kier alpha value is -1.58. The van der Waals surface area contributed by atoms with E-state index < -0.39 is 11.8 Å². The maximum Gasteiger partial charge on any atom is 0.335 e. The number of hydrogen-bond donors (Lipinski definition) is 1. The number of amides is 2. The van der Waals surface area contributed by atoms with Crippen LogP contribution in [0.15, 0.2) is 23.5 Å². The molecule has 2 amide bonds. The quantitative estimate of drug-likeness (QED) is 0.503. The lowest BCUT2D eigenvalue weighted by atomic mass is 10.1. The molecule has 1 aliphatic heterocycles. The first kappa shape index (κ1) is 7.09. The molecule has 0 aromatic rings. The van der Waals surface area contributed by atoms with Crippen molar-refractivity contribution in [1.29, 1.82) is 0 Å². The highest BCUT2D eigenvalue weighted by Gasteiger charge is 2.26. The van der Waals surface area contributed by atoms with E-state index in [-0.39, 0.29) is 0 Å². The van der Waals surface area contributed by atoms with E-state index in [2.05, 4.69) is 10.6 Å². The molecular formula is C8H7N2O2. The van der Waals surface area contributed by atoms with Gasteiger partial charge < -0.3 is 5.32 Å². The summed E-state index contributed by atoms with van der Waals surface area (Å²) in [5.41, 5.74) is 1.37. The van der Waals surface area contributed by atoms with Crippen LogP contribution < -0.4 is 10.6 Å². The van der Waals surface area contributed by atoms with Crippen LogP contribution in [0.1, 0.15) is 12.8 Å². The van der Waals surface area contributed by atoms with Gasteiger partial charge in [-0.3, -0.25) is 9.59 Å². The Balaban J connectivity index is 2.33. The van der Waals surface area contributed by atoms with Crippen molar-refractivity contribution in [1.82, 2.24) is 10.6 Å². The molecule has 0 saturated carbocycles. The molecule has 2 aliphatic rings. The molecule has 1 radical (unpaired) electrons. The maximum absolute atomic E-state index is 10.8. The standard InChI is InChI=1S/C8H7N2O2/c11-7-8(12)10-6-4-2-1-3-5(6)9-7/h1,3H,2,4H2,(H,10,12). The van der Waals surface area contributed by atoms with Crippen molar-refractivity contribution in [3.8, 4) is 0 Å². The lowest BCUT2D eigenvalue weighted by Gasteiger charge is -2.19. The molecule has 0 bridgehead atoms. The van der Waals surface area contributed by atoms with E-state index in [0.29, 0.717) is 5.70 Å². The number of carbonyl (C=O) groups is 2. The number of carbonyl (C=O) groups excluding carboxylic acids is 2. The highest BCUT2D eigenvalue weighted by Crippen LogP contribution is 2.17. The van der Waals surface area contributed by atoms with E-state index in [1.807, 2.05) is 6.08 Å². The molecule has 0 fully saturated rings. The lowest BCUT2D eigenvalue weighted by Crippen LogP contribution is -2.42. The molecule has 12 heavy (non-hydrogen) atoms. The van der Waals surface area contributed by atoms with Gasteiger partial charge in [-0.25, -0.2) is 5.32 Å². The molecule has 0 aromatic heterocycles. The van der Waals surface area contributed by atoms with Crippen LogP contribution in [0.2, 0.25) is 0 Å². The Morgan fingerprint density at radius 1 is 1.42 bits per heavy atom. The first-order chi connectivity index (χ1) is 5.77. The van der Waals surface area contributed by atoms with Crippen molar-refractivity contribution in [2.24, 2.45) is 0 Å². The Morgan fingerprint density at radius 3 is 3.08 bits per heavy atom. The lowest BCUT2D eigenvalue weighted by molar-refractivity contribution is -0.139. The predicted molar refractivity (Wildman–Crippen MR) is 40.7 cm³/mol. The van der Waals surface area contributed by atoms with Crippen LogP contribution in [-0.2, 0) is 9.59 Å². The number of nitrogens with zero attached hydrogens (tertiary/aromatic N) is 1. The molecule has 61 valence electrons. The van der Waals surface area contributed by atoms with Crippen molar-refractivity contribution >= 4 is 11.8 Å². The molecule has 1 heterocycles. The van der Waals surface area contributed by atoms with E-state index in [9.17, 15) is 9.59 Å². The van der Waals surface area contributed by atoms with E-state index in [1.54, 1.807) is 6.08 Å². The van der Waals surface area contributed by atoms with Gasteiger partial charge in [-0.05, 0) is 18.9 Å². The smallest absolute Gasteiger partial charge is 0.319 e. The Labute approximate surface area is 69.3 Å². The maximum atomic E-state index is 10.8. The Bertz CT molecular complexity index is 315. The third kappa shape index (κ3) is 1.01. The number of hydrogen-bond acceptors (Lipinski definition) is 2. The summed E-state index contributed by atoms with van der Waals surface area (Å²) in [6.07, 6.45) is 5.35. The normalized spacial score (nSPS) is 21.7. The summed E-state index contributed by atoms with van der Waals surface area (Å²) in [6, 6.07) is 0. The largest absolute Gasteiger partial charge is 0.335 e. The summed E-state index contributed by atoms with van der Waals surface area (Å²) >= 11 is 0. The molecule has 1 N–H and O–H groups in total. The molecule has 0 aromatic carbocycles. The summed E-state index contributed by atoms with van der Waals surface area (Å²) in [5.74, 6) is -1.33. The van der Waals surface area contributed by atoms with Crippen molar-refractivity contribution in [2.75, 3.05) is 0 Å². The van der Waals surface area contributed by atoms with Gasteiger partial charge in [-0.1, -0.05) is 6.08 Å². The molecule has 0 saturated heterocycles. The molecule has 0 atom stereocenters. The average Bonchev–Trinajstić information content (AvgIpc) is 2.07. The minimum absolute atomic E-state index is 0.603. The predicted octanol–water partition coefficient (Wildman–Crippen LogP) is -0.191. The van der Waals surface area contributed by atoms with Crippen molar-refractivity contribution < 1.29 is 9.59 Å². The van der Waals surface area contributed by atoms with E-state index in [4.69, 9.17) is 0 Å². The first-order valence-corrected chi connectivity index (χ1v) is 3.74. The van der Waals surface area contributed by atoms with Gasteiger partial charge in [0.05, 0.1) is 5.70 Å². The fraction of sp³-hybridized carbons (Fsp3) is 0.250. The second-order valence-corrected chi connectivity index (χ2v) is 2.68. The molecule has 4 nitrogen and oxygen atoms in total. The van der Waals surface area contributed by atoms with Crippen LogP contribution in [-0.4, -0.2) is 11.8 Å². The minimum Gasteiger partial charge on any atom is -0.319 e. The van der Waals surface area contributed by atoms with Crippen LogP contribution in [0.25, 0.3) is 0 Å². The summed E-state index contributed by atoms with van der Waals surface area (Å²) < 4.78 is 0. The summed E-state index contributed by atoms with van der Waals surface area (Å²) in [5, 5.41) is 6.14. The highest BCUT2D eigenvalue weighted by molar-refractivity contribution is 6.36. The van der Waals surface area contributed by atoms with E-state index in [0.717, 1.165) is 18.5 Å². The minimum atomic E-state index is -0.708. The van der Waals surface area contributed by atoms with Crippen LogP contribution in [0, 0.1) is 0 Å². The van der Waals surface area contributed by atoms with Crippen LogP contribution in [0.5, 0.6) is 0 Å². The van der Waals surface area contributed by atoms with Gasteiger partial charge in [0, 0.05) is 5.70 Å². The zero-order valence-corrected chi connectivity index (χ0v) is 6.33. The van der Waals surface area contributed by atoms with Crippen molar-refractivity contribution in [3.05, 3.63) is 23.5 Å². The summed E-state index contributed by atoms with van der Waals surface area (Å²) in [4.78, 5) is 21.6. The van der Waals surface area contributed by atoms with Crippen LogP contribution >= 0.6 is 0 Å². The monoisotopic (exact) mass is 163 g/mol. The molecule has 0 unspecified atom stereocenters. The van der Waals surface area contributed by atoms with Crippen molar-refractivity contribution in [3.63, 3.8) is 0 Å². The van der Waals surface area contributed by atoms with Gasteiger partial charge in [-0.15, -0.1) is 0 Å². The summed E-state index contributed by atoms with van der Waals surface area (Å²) in [6.45, 7) is 0. The molecule has 2 rings (SSSR count). The van der Waals surface area contributed by atoms with Gasteiger partial charge in [-0.2, -0.15) is 0 Å². The second-order valence-electron chi connectivity index (χ2n) is 2.68. The molecule has 1 aliphatic carbocycles. The number of nitrogens with one attached hydrogen (secondary N) is 1. The topological polar surface area (TPSA) is 60.3 Å². The summed E-state index contributed by atoms with van der Waals surface area (Å²) in [7, 11) is 0. The fourth-order valence-electron chi connectivity index (χ4n) is 1.23. The van der Waals surface area contributed by atoms with E-state index >= 15 is 0 Å². The zero-order valence-electron chi connectivity index (χ0n) is 6.33. The van der Waals surface area contributed by atoms with Crippen LogP contribution in [0.4, 0.5) is 0 Å². The number of rotatable bonds is 0. The number of allylic oxidation sites excluding steroid dienone is 3. The first-order valence-electron chi connectivity index (χ1n) is 3.74. The Morgan fingerprint density at radius 2 is 2.25 bits per heavy atom. The fourth-order valence-corrected chi connectivity index (χ4v) is 1.23. The van der Waals surface area contributed by atoms with Crippen molar-refractivity contribution in [2.45, 2.75) is 12.8 Å². The average molecular weight is 163 g/mol. The van der Waals surface area contributed by atoms with Gasteiger partial charge in [0.2, 0.25) is 0 Å². The van der Waals surface area contributed by atoms with Gasteiger partial charge in [0.1, 0.15) is 0 Å². The van der Waals surface area contributed by atoms with Gasteiger partial charge in [0.25, 0.3) is 0 Å². The SMILES string of the molecule is O=C1[N]C2=C(CCC=C2)NC1=O. The third-order valence-corrected chi connectivity index (χ3v) is 1.83. The molecule has 0 spiro atoms. The highest BCUT2D eigenvalue weighted by atomic mass is 16.2. The Kier molecular flexibility index (Phi) is 1.46. The molecule has 4 heteroatoms. The van der Waals surface area contributed by atoms with Gasteiger partial charge in [0.15, 0.2) is 0 Å². The molecular weight excluding hydrogens is 156 g/mol. The van der Waals surface area contributed by atoms with Gasteiger partial charge >= 0.3 is 11.8 Å².